The first kappa shape index (κ1) is 14.5. The van der Waals surface area contributed by atoms with Gasteiger partial charge >= 0.3 is 0 Å². The minimum absolute atomic E-state index is 0.256. The number of halogens is 1. The summed E-state index contributed by atoms with van der Waals surface area (Å²) in [4.78, 5) is 4.95. The third kappa shape index (κ3) is 3.42. The van der Waals surface area contributed by atoms with Crippen LogP contribution in [0, 0.1) is 17.1 Å². The van der Waals surface area contributed by atoms with Crippen molar-refractivity contribution >= 4 is 0 Å². The van der Waals surface area contributed by atoms with E-state index in [1.54, 1.807) is 6.07 Å². The zero-order chi connectivity index (χ0) is 14.7. The smallest absolute Gasteiger partial charge is 0.123 e. The molecular formula is C17H22FN3. The highest BCUT2D eigenvalue weighted by molar-refractivity contribution is 5.37. The number of hydrogen-bond donors (Lipinski definition) is 0. The predicted molar refractivity (Wildman–Crippen MR) is 80.2 cm³/mol. The Balaban J connectivity index is 1.58. The molecule has 0 aromatic heterocycles. The van der Waals surface area contributed by atoms with Crippen LogP contribution >= 0.6 is 0 Å². The zero-order valence-corrected chi connectivity index (χ0v) is 12.4. The van der Waals surface area contributed by atoms with Gasteiger partial charge in [-0.1, -0.05) is 12.8 Å². The summed E-state index contributed by atoms with van der Waals surface area (Å²) in [5.74, 6) is -0.256. The van der Waals surface area contributed by atoms with E-state index in [1.165, 1.54) is 37.8 Å². The van der Waals surface area contributed by atoms with E-state index in [4.69, 9.17) is 5.26 Å². The monoisotopic (exact) mass is 287 g/mol. The molecule has 112 valence electrons. The Kier molecular flexibility index (Phi) is 4.52. The Morgan fingerprint density at radius 2 is 1.86 bits per heavy atom. The lowest BCUT2D eigenvalue weighted by Crippen LogP contribution is -2.49. The van der Waals surface area contributed by atoms with E-state index in [2.05, 4.69) is 15.9 Å². The topological polar surface area (TPSA) is 30.3 Å². The quantitative estimate of drug-likeness (QED) is 0.856. The van der Waals surface area contributed by atoms with Gasteiger partial charge in [0.1, 0.15) is 5.82 Å². The number of piperazine rings is 1. The lowest BCUT2D eigenvalue weighted by Gasteiger charge is -2.38. The van der Waals surface area contributed by atoms with Crippen molar-refractivity contribution in [2.24, 2.45) is 0 Å². The van der Waals surface area contributed by atoms with Crippen LogP contribution in [0.4, 0.5) is 4.39 Å². The molecule has 0 amide bonds. The molecule has 1 aromatic rings. The van der Waals surface area contributed by atoms with Crippen LogP contribution in [0.25, 0.3) is 0 Å². The van der Waals surface area contributed by atoms with Gasteiger partial charge in [-0.15, -0.1) is 0 Å². The average Bonchev–Trinajstić information content (AvgIpc) is 3.03. The van der Waals surface area contributed by atoms with Crippen LogP contribution in [-0.2, 0) is 6.54 Å². The van der Waals surface area contributed by atoms with Gasteiger partial charge in [-0.05, 0) is 36.6 Å². The Hall–Kier alpha value is -1.44. The second-order valence-corrected chi connectivity index (χ2v) is 6.16. The fraction of sp³-hybridized carbons (Fsp3) is 0.588. The highest BCUT2D eigenvalue weighted by atomic mass is 19.1. The van der Waals surface area contributed by atoms with E-state index in [0.29, 0.717) is 12.1 Å². The van der Waals surface area contributed by atoms with Gasteiger partial charge in [0.25, 0.3) is 0 Å². The summed E-state index contributed by atoms with van der Waals surface area (Å²) >= 11 is 0. The fourth-order valence-corrected chi connectivity index (χ4v) is 3.60. The molecular weight excluding hydrogens is 265 g/mol. The predicted octanol–water partition coefficient (Wildman–Crippen LogP) is 2.76. The minimum Gasteiger partial charge on any atom is -0.298 e. The van der Waals surface area contributed by atoms with Gasteiger partial charge in [0, 0.05) is 38.8 Å². The number of nitrogens with zero attached hydrogens (tertiary/aromatic N) is 3. The zero-order valence-electron chi connectivity index (χ0n) is 12.4. The largest absolute Gasteiger partial charge is 0.298 e. The second kappa shape index (κ2) is 6.55. The third-order valence-corrected chi connectivity index (χ3v) is 4.83. The van der Waals surface area contributed by atoms with Crippen molar-refractivity contribution in [2.45, 2.75) is 38.3 Å². The summed E-state index contributed by atoms with van der Waals surface area (Å²) in [5.41, 5.74) is 1.40. The second-order valence-electron chi connectivity index (χ2n) is 6.16. The summed E-state index contributed by atoms with van der Waals surface area (Å²) in [6.45, 7) is 4.90. The first-order valence-corrected chi connectivity index (χ1v) is 7.91. The van der Waals surface area contributed by atoms with Gasteiger partial charge in [-0.2, -0.15) is 5.26 Å². The van der Waals surface area contributed by atoms with Crippen LogP contribution in [0.5, 0.6) is 0 Å². The summed E-state index contributed by atoms with van der Waals surface area (Å²) in [5, 5.41) is 9.13. The minimum atomic E-state index is -0.256. The number of hydrogen-bond acceptors (Lipinski definition) is 3. The standard InChI is InChI=1S/C17H22FN3/c18-16-6-5-14(12-19)15(11-16)13-20-7-9-21(10-8-20)17-3-1-2-4-17/h5-6,11,17H,1-4,7-10,13H2. The van der Waals surface area contributed by atoms with E-state index in [1.807, 2.05) is 0 Å². The van der Waals surface area contributed by atoms with Gasteiger partial charge in [0.05, 0.1) is 11.6 Å². The van der Waals surface area contributed by atoms with E-state index >= 15 is 0 Å². The first-order valence-electron chi connectivity index (χ1n) is 7.91. The first-order chi connectivity index (χ1) is 10.3. The van der Waals surface area contributed by atoms with Crippen LogP contribution in [0.15, 0.2) is 18.2 Å². The molecule has 1 heterocycles. The normalized spacial score (nSPS) is 21.5. The van der Waals surface area contributed by atoms with Crippen LogP contribution < -0.4 is 0 Å². The highest BCUT2D eigenvalue weighted by Crippen LogP contribution is 2.24. The van der Waals surface area contributed by atoms with E-state index in [-0.39, 0.29) is 5.82 Å². The summed E-state index contributed by atoms with van der Waals surface area (Å²) in [6.07, 6.45) is 5.45. The van der Waals surface area contributed by atoms with Crippen LogP contribution in [0.1, 0.15) is 36.8 Å². The molecule has 2 fully saturated rings. The maximum Gasteiger partial charge on any atom is 0.123 e. The van der Waals surface area contributed by atoms with Crippen LogP contribution in [0.2, 0.25) is 0 Å². The summed E-state index contributed by atoms with van der Waals surface area (Å²) in [6, 6.07) is 7.40. The van der Waals surface area contributed by atoms with Crippen molar-refractivity contribution in [1.29, 1.82) is 5.26 Å². The van der Waals surface area contributed by atoms with Crippen molar-refractivity contribution in [3.8, 4) is 6.07 Å². The molecule has 3 nitrogen and oxygen atoms in total. The molecule has 1 saturated carbocycles. The number of benzene rings is 1. The summed E-state index contributed by atoms with van der Waals surface area (Å²) < 4.78 is 13.4. The Morgan fingerprint density at radius 1 is 1.14 bits per heavy atom. The van der Waals surface area contributed by atoms with Crippen molar-refractivity contribution in [3.63, 3.8) is 0 Å². The molecule has 2 aliphatic rings. The van der Waals surface area contributed by atoms with Gasteiger partial charge in [0.15, 0.2) is 0 Å². The fourth-order valence-electron chi connectivity index (χ4n) is 3.60. The molecule has 4 heteroatoms. The van der Waals surface area contributed by atoms with Crippen molar-refractivity contribution in [3.05, 3.63) is 35.1 Å². The highest BCUT2D eigenvalue weighted by Gasteiger charge is 2.26. The van der Waals surface area contributed by atoms with Crippen LogP contribution in [-0.4, -0.2) is 42.0 Å². The number of nitriles is 1. The number of rotatable bonds is 3. The van der Waals surface area contributed by atoms with Gasteiger partial charge in [0.2, 0.25) is 0 Å². The van der Waals surface area contributed by atoms with E-state index in [9.17, 15) is 4.39 Å². The van der Waals surface area contributed by atoms with E-state index in [0.717, 1.165) is 37.8 Å². The van der Waals surface area contributed by atoms with Gasteiger partial charge < -0.3 is 0 Å². The molecule has 0 radical (unpaired) electrons. The van der Waals surface area contributed by atoms with Crippen LogP contribution in [0.3, 0.4) is 0 Å². The molecule has 0 atom stereocenters. The van der Waals surface area contributed by atoms with Gasteiger partial charge in [-0.3, -0.25) is 9.80 Å². The Morgan fingerprint density at radius 3 is 2.52 bits per heavy atom. The molecule has 21 heavy (non-hydrogen) atoms. The Labute approximate surface area is 126 Å². The molecule has 1 aliphatic heterocycles. The van der Waals surface area contributed by atoms with Gasteiger partial charge in [-0.25, -0.2) is 4.39 Å². The molecule has 0 bridgehead atoms. The van der Waals surface area contributed by atoms with Crippen molar-refractivity contribution in [1.82, 2.24) is 9.80 Å². The Bertz CT molecular complexity index is 523. The molecule has 1 saturated heterocycles. The maximum atomic E-state index is 13.4. The lowest BCUT2D eigenvalue weighted by atomic mass is 10.1. The molecule has 0 N–H and O–H groups in total. The molecule has 1 aliphatic carbocycles. The molecule has 3 rings (SSSR count). The molecule has 0 unspecified atom stereocenters. The SMILES string of the molecule is N#Cc1ccc(F)cc1CN1CCN(C2CCCC2)CC1. The maximum absolute atomic E-state index is 13.4. The van der Waals surface area contributed by atoms with Crippen molar-refractivity contribution < 1.29 is 4.39 Å². The molecule has 1 aromatic carbocycles. The summed E-state index contributed by atoms with van der Waals surface area (Å²) in [7, 11) is 0. The molecule has 0 spiro atoms. The van der Waals surface area contributed by atoms with E-state index < -0.39 is 0 Å². The average molecular weight is 287 g/mol. The third-order valence-electron chi connectivity index (χ3n) is 4.83. The lowest BCUT2D eigenvalue weighted by molar-refractivity contribution is 0.0936. The van der Waals surface area contributed by atoms with Crippen molar-refractivity contribution in [2.75, 3.05) is 26.2 Å².